The van der Waals surface area contributed by atoms with E-state index in [-0.39, 0.29) is 18.5 Å². The molecular formula is C27H25F3N4O3. The number of hydrogen-bond donors (Lipinski definition) is 1. The monoisotopic (exact) mass is 510 g/mol. The molecule has 0 saturated carbocycles. The highest BCUT2D eigenvalue weighted by Gasteiger charge is 2.30. The SMILES string of the molecule is CCC(=O)Nc1cccc(-n2nc(OCCc3ccc(OC)cc3)nc2-c2ccc(C(F)(F)F)cc2)c1. The number of benzene rings is 3. The maximum atomic E-state index is 13.1. The Hall–Kier alpha value is -4.34. The van der Waals surface area contributed by atoms with E-state index < -0.39 is 11.7 Å². The summed E-state index contributed by atoms with van der Waals surface area (Å²) in [5.74, 6) is 0.900. The minimum atomic E-state index is -4.45. The summed E-state index contributed by atoms with van der Waals surface area (Å²) in [5.41, 5.74) is 1.81. The maximum absolute atomic E-state index is 13.1. The summed E-state index contributed by atoms with van der Waals surface area (Å²) in [4.78, 5) is 16.3. The number of aromatic nitrogens is 3. The molecule has 1 heterocycles. The van der Waals surface area contributed by atoms with Crippen molar-refractivity contribution in [2.45, 2.75) is 25.9 Å². The fraction of sp³-hybridized carbons (Fsp3) is 0.222. The quantitative estimate of drug-likeness (QED) is 0.302. The largest absolute Gasteiger partial charge is 0.497 e. The van der Waals surface area contributed by atoms with Gasteiger partial charge in [-0.3, -0.25) is 4.79 Å². The van der Waals surface area contributed by atoms with E-state index in [9.17, 15) is 18.0 Å². The fourth-order valence-electron chi connectivity index (χ4n) is 3.55. The van der Waals surface area contributed by atoms with Crippen molar-refractivity contribution in [3.8, 4) is 28.8 Å². The highest BCUT2D eigenvalue weighted by atomic mass is 19.4. The van der Waals surface area contributed by atoms with Crippen molar-refractivity contribution >= 4 is 11.6 Å². The van der Waals surface area contributed by atoms with Crippen molar-refractivity contribution in [1.82, 2.24) is 14.8 Å². The third-order valence-electron chi connectivity index (χ3n) is 5.53. The molecule has 1 N–H and O–H groups in total. The van der Waals surface area contributed by atoms with E-state index in [1.54, 1.807) is 38.3 Å². The molecule has 7 nitrogen and oxygen atoms in total. The standard InChI is InChI=1S/C27H25F3N4O3/c1-3-24(35)31-21-5-4-6-22(17-21)34-25(19-9-11-20(12-10-19)27(28,29)30)32-26(33-34)37-16-15-18-7-13-23(36-2)14-8-18/h4-14,17H,3,15-16H2,1-2H3,(H,31,35). The molecule has 3 aromatic carbocycles. The summed E-state index contributed by atoms with van der Waals surface area (Å²) in [6, 6.07) is 19.3. The lowest BCUT2D eigenvalue weighted by Crippen LogP contribution is -2.10. The summed E-state index contributed by atoms with van der Waals surface area (Å²) >= 11 is 0. The summed E-state index contributed by atoms with van der Waals surface area (Å²) < 4.78 is 51.7. The number of alkyl halides is 3. The smallest absolute Gasteiger partial charge is 0.416 e. The van der Waals surface area contributed by atoms with Gasteiger partial charge in [0, 0.05) is 24.1 Å². The Morgan fingerprint density at radius 2 is 1.76 bits per heavy atom. The van der Waals surface area contributed by atoms with Crippen LogP contribution in [-0.2, 0) is 17.4 Å². The molecule has 4 aromatic rings. The molecule has 0 unspecified atom stereocenters. The molecule has 37 heavy (non-hydrogen) atoms. The predicted octanol–water partition coefficient (Wildman–Crippen LogP) is 5.93. The van der Waals surface area contributed by atoms with E-state index in [1.165, 1.54) is 16.8 Å². The predicted molar refractivity (Wildman–Crippen MR) is 133 cm³/mol. The summed E-state index contributed by atoms with van der Waals surface area (Å²) in [6.07, 6.45) is -3.54. The Bertz CT molecular complexity index is 1350. The zero-order valence-corrected chi connectivity index (χ0v) is 20.2. The van der Waals surface area contributed by atoms with Gasteiger partial charge < -0.3 is 14.8 Å². The van der Waals surface area contributed by atoms with Crippen LogP contribution in [0.5, 0.6) is 11.8 Å². The molecule has 10 heteroatoms. The second-order valence-corrected chi connectivity index (χ2v) is 8.10. The van der Waals surface area contributed by atoms with Gasteiger partial charge in [0.2, 0.25) is 5.91 Å². The number of nitrogens with one attached hydrogen (secondary N) is 1. The Morgan fingerprint density at radius 1 is 1.03 bits per heavy atom. The molecule has 192 valence electrons. The zero-order valence-electron chi connectivity index (χ0n) is 20.2. The molecular weight excluding hydrogens is 485 g/mol. The number of anilines is 1. The first-order valence-corrected chi connectivity index (χ1v) is 11.6. The zero-order chi connectivity index (χ0) is 26.4. The maximum Gasteiger partial charge on any atom is 0.416 e. The van der Waals surface area contributed by atoms with E-state index in [4.69, 9.17) is 9.47 Å². The van der Waals surface area contributed by atoms with Gasteiger partial charge in [0.1, 0.15) is 5.75 Å². The number of methoxy groups -OCH3 is 1. The van der Waals surface area contributed by atoms with Gasteiger partial charge >= 0.3 is 12.2 Å². The molecule has 0 radical (unpaired) electrons. The molecule has 0 aliphatic rings. The van der Waals surface area contributed by atoms with Crippen LogP contribution in [-0.4, -0.2) is 34.4 Å². The summed E-state index contributed by atoms with van der Waals surface area (Å²) in [5, 5.41) is 7.24. The van der Waals surface area contributed by atoms with E-state index in [1.807, 2.05) is 24.3 Å². The number of carbonyl (C=O) groups excluding carboxylic acids is 1. The van der Waals surface area contributed by atoms with Gasteiger partial charge in [-0.25, -0.2) is 4.68 Å². The second kappa shape index (κ2) is 11.2. The first-order chi connectivity index (χ1) is 17.8. The summed E-state index contributed by atoms with van der Waals surface area (Å²) in [6.45, 7) is 2.03. The second-order valence-electron chi connectivity index (χ2n) is 8.10. The number of nitrogens with zero attached hydrogens (tertiary/aromatic N) is 3. The number of halogens is 3. The van der Waals surface area contributed by atoms with Crippen LogP contribution in [0.3, 0.4) is 0 Å². The van der Waals surface area contributed by atoms with Crippen molar-refractivity contribution in [3.05, 3.63) is 83.9 Å². The third kappa shape index (κ3) is 6.46. The average molecular weight is 511 g/mol. The Morgan fingerprint density at radius 3 is 2.41 bits per heavy atom. The topological polar surface area (TPSA) is 78.3 Å². The molecule has 0 aliphatic carbocycles. The van der Waals surface area contributed by atoms with Crippen LogP contribution in [0.2, 0.25) is 0 Å². The van der Waals surface area contributed by atoms with Gasteiger partial charge in [0.05, 0.1) is 25.0 Å². The van der Waals surface area contributed by atoms with Crippen molar-refractivity contribution in [1.29, 1.82) is 0 Å². The van der Waals surface area contributed by atoms with Crippen LogP contribution in [0.4, 0.5) is 18.9 Å². The highest BCUT2D eigenvalue weighted by Crippen LogP contribution is 2.32. The molecule has 0 fully saturated rings. The van der Waals surface area contributed by atoms with E-state index >= 15 is 0 Å². The molecule has 0 atom stereocenters. The van der Waals surface area contributed by atoms with Gasteiger partial charge in [-0.1, -0.05) is 37.3 Å². The minimum absolute atomic E-state index is 0.0754. The van der Waals surface area contributed by atoms with Crippen LogP contribution in [0.1, 0.15) is 24.5 Å². The lowest BCUT2D eigenvalue weighted by atomic mass is 10.1. The van der Waals surface area contributed by atoms with Crippen LogP contribution in [0, 0.1) is 0 Å². The number of hydrogen-bond acceptors (Lipinski definition) is 5. The molecule has 0 bridgehead atoms. The number of amides is 1. The number of carbonyl (C=O) groups is 1. The van der Waals surface area contributed by atoms with Crippen molar-refractivity contribution in [2.75, 3.05) is 19.0 Å². The van der Waals surface area contributed by atoms with Gasteiger partial charge in [-0.05, 0) is 48.0 Å². The molecule has 4 rings (SSSR count). The number of rotatable bonds is 9. The summed E-state index contributed by atoms with van der Waals surface area (Å²) in [7, 11) is 1.60. The highest BCUT2D eigenvalue weighted by molar-refractivity contribution is 5.90. The van der Waals surface area contributed by atoms with Crippen molar-refractivity contribution < 1.29 is 27.4 Å². The average Bonchev–Trinajstić information content (AvgIpc) is 3.33. The Kier molecular flexibility index (Phi) is 7.76. The molecule has 0 saturated heterocycles. The van der Waals surface area contributed by atoms with Crippen molar-refractivity contribution in [2.24, 2.45) is 0 Å². The van der Waals surface area contributed by atoms with Gasteiger partial charge in [0.25, 0.3) is 0 Å². The minimum Gasteiger partial charge on any atom is -0.497 e. The third-order valence-corrected chi connectivity index (χ3v) is 5.53. The molecule has 0 spiro atoms. The Balaban J connectivity index is 1.62. The molecule has 0 aliphatic heterocycles. The molecule has 1 amide bonds. The first-order valence-electron chi connectivity index (χ1n) is 11.6. The van der Waals surface area contributed by atoms with Gasteiger partial charge in [-0.15, -0.1) is 5.10 Å². The van der Waals surface area contributed by atoms with Crippen LogP contribution in [0.15, 0.2) is 72.8 Å². The van der Waals surface area contributed by atoms with E-state index in [0.29, 0.717) is 35.6 Å². The van der Waals surface area contributed by atoms with Gasteiger partial charge in [0.15, 0.2) is 5.82 Å². The van der Waals surface area contributed by atoms with Crippen LogP contribution >= 0.6 is 0 Å². The normalized spacial score (nSPS) is 11.3. The molecule has 1 aromatic heterocycles. The van der Waals surface area contributed by atoms with E-state index in [2.05, 4.69) is 15.4 Å². The first kappa shape index (κ1) is 25.7. The fourth-order valence-corrected chi connectivity index (χ4v) is 3.55. The van der Waals surface area contributed by atoms with Gasteiger partial charge in [-0.2, -0.15) is 18.2 Å². The lowest BCUT2D eigenvalue weighted by Gasteiger charge is -2.10. The number of ether oxygens (including phenoxy) is 2. The van der Waals surface area contributed by atoms with Crippen molar-refractivity contribution in [3.63, 3.8) is 0 Å². The van der Waals surface area contributed by atoms with Crippen LogP contribution < -0.4 is 14.8 Å². The Labute approximate surface area is 211 Å². The lowest BCUT2D eigenvalue weighted by molar-refractivity contribution is -0.137. The van der Waals surface area contributed by atoms with Crippen LogP contribution in [0.25, 0.3) is 17.1 Å². The van der Waals surface area contributed by atoms with E-state index in [0.717, 1.165) is 23.4 Å².